The Balaban J connectivity index is 0.000000375. The monoisotopic (exact) mass is 617 g/mol. The van der Waals surface area contributed by atoms with Gasteiger partial charge in [-0.1, -0.05) is 35.5 Å². The van der Waals surface area contributed by atoms with Crippen LogP contribution >= 0.6 is 0 Å². The molecule has 0 atom stereocenters. The first kappa shape index (κ1) is 31.3. The third kappa shape index (κ3) is 8.23. The normalized spacial score (nSPS) is 14.8. The zero-order valence-corrected chi connectivity index (χ0v) is 24.7. The van der Waals surface area contributed by atoms with Crippen molar-refractivity contribution in [2.75, 3.05) is 0 Å². The first-order chi connectivity index (χ1) is 21.0. The molecule has 6 N–H and O–H groups in total. The van der Waals surface area contributed by atoms with Gasteiger partial charge in [-0.3, -0.25) is 4.98 Å². The number of guanidine groups is 1. The Morgan fingerprint density at radius 2 is 1.84 bits per heavy atom. The van der Waals surface area contributed by atoms with E-state index in [2.05, 4.69) is 20.0 Å². The van der Waals surface area contributed by atoms with Gasteiger partial charge >= 0.3 is 6.09 Å². The molecule has 0 radical (unpaired) electrons. The van der Waals surface area contributed by atoms with Gasteiger partial charge in [0.25, 0.3) is 0 Å². The lowest BCUT2D eigenvalue weighted by Gasteiger charge is -2.17. The lowest BCUT2D eigenvalue weighted by atomic mass is 10.00. The number of rotatable bonds is 7. The van der Waals surface area contributed by atoms with E-state index < -0.39 is 21.2 Å². The molecule has 0 bridgehead atoms. The van der Waals surface area contributed by atoms with E-state index in [4.69, 9.17) is 21.1 Å². The first-order valence-electron chi connectivity index (χ1n) is 13.2. The highest BCUT2D eigenvalue weighted by atomic mass is 32.2. The van der Waals surface area contributed by atoms with Crippen LogP contribution in [0, 0.1) is 0 Å². The summed E-state index contributed by atoms with van der Waals surface area (Å²) in [6.07, 6.45) is 16.5. The zero-order chi connectivity index (χ0) is 31.7. The van der Waals surface area contributed by atoms with Gasteiger partial charge in [-0.15, -0.1) is 5.17 Å². The van der Waals surface area contributed by atoms with E-state index in [1.165, 1.54) is 12.5 Å². The molecule has 1 aromatic carbocycles. The maximum absolute atomic E-state index is 12.4. The molecule has 14 heteroatoms. The van der Waals surface area contributed by atoms with Crippen molar-refractivity contribution in [3.63, 3.8) is 0 Å². The number of carbonyl (C=O) groups is 1. The molecule has 0 spiro atoms. The molecule has 2 aromatic heterocycles. The number of nitrogens with two attached hydrogens (primary N) is 2. The molecule has 1 amide bonds. The summed E-state index contributed by atoms with van der Waals surface area (Å²) in [6, 6.07) is 10.6. The van der Waals surface area contributed by atoms with Gasteiger partial charge in [0.05, 0.1) is 16.3 Å². The van der Waals surface area contributed by atoms with Crippen molar-refractivity contribution in [2.45, 2.75) is 30.4 Å². The van der Waals surface area contributed by atoms with Crippen molar-refractivity contribution in [2.24, 2.45) is 16.5 Å². The molecular weight excluding hydrogens is 586 g/mol. The van der Waals surface area contributed by atoms with Crippen molar-refractivity contribution in [1.29, 1.82) is 0 Å². The number of hydroxylamine groups is 1. The Hall–Kier alpha value is -5.63. The molecule has 13 nitrogen and oxygen atoms in total. The van der Waals surface area contributed by atoms with Crippen molar-refractivity contribution in [1.82, 2.24) is 20.7 Å². The fourth-order valence-corrected chi connectivity index (χ4v) is 4.92. The van der Waals surface area contributed by atoms with Gasteiger partial charge in [0.1, 0.15) is 12.0 Å². The second-order valence-corrected chi connectivity index (χ2v) is 12.1. The average molecular weight is 618 g/mol. The number of allylic oxidation sites excluding steroid dienone is 7. The summed E-state index contributed by atoms with van der Waals surface area (Å²) >= 11 is 0. The quantitative estimate of drug-likeness (QED) is 0.214. The SMILES string of the molecule is CC(C)S(=O)(=O)c1ccc(-c2cncc(-c3cc(C4=CCC(=CN=C(N)N)C=C4)no3)c2)cc1.O=C(O)NN1C=CC=CO1. The van der Waals surface area contributed by atoms with Gasteiger partial charge in [-0.25, -0.2) is 18.2 Å². The molecule has 1 aliphatic carbocycles. The molecule has 0 unspecified atom stereocenters. The fourth-order valence-electron chi connectivity index (χ4n) is 3.86. The number of aliphatic imine (C=N–C) groups is 1. The minimum atomic E-state index is -3.32. The van der Waals surface area contributed by atoms with Crippen molar-refractivity contribution < 1.29 is 27.7 Å². The third-order valence-electron chi connectivity index (χ3n) is 6.17. The number of nitrogens with zero attached hydrogens (tertiary/aromatic N) is 4. The number of benzene rings is 1. The van der Waals surface area contributed by atoms with Crippen LogP contribution in [-0.2, 0) is 14.7 Å². The zero-order valence-electron chi connectivity index (χ0n) is 23.9. The Morgan fingerprint density at radius 3 is 2.45 bits per heavy atom. The van der Waals surface area contributed by atoms with Gasteiger partial charge in [0.2, 0.25) is 0 Å². The van der Waals surface area contributed by atoms with Crippen LogP contribution in [0.5, 0.6) is 0 Å². The highest BCUT2D eigenvalue weighted by Gasteiger charge is 2.19. The summed E-state index contributed by atoms with van der Waals surface area (Å²) in [5.41, 5.74) is 17.8. The molecule has 2 aliphatic rings. The maximum atomic E-state index is 12.4. The minimum absolute atomic E-state index is 0.0178. The second kappa shape index (κ2) is 14.0. The predicted molar refractivity (Wildman–Crippen MR) is 165 cm³/mol. The minimum Gasteiger partial charge on any atom is -0.464 e. The van der Waals surface area contributed by atoms with Gasteiger partial charge in [-0.2, -0.15) is 5.43 Å². The molecule has 0 saturated carbocycles. The topological polar surface area (TPSA) is 199 Å². The van der Waals surface area contributed by atoms with E-state index in [9.17, 15) is 13.2 Å². The number of aromatic nitrogens is 2. The smallest absolute Gasteiger partial charge is 0.426 e. The number of pyridine rings is 1. The van der Waals surface area contributed by atoms with Gasteiger partial charge < -0.3 is 25.9 Å². The van der Waals surface area contributed by atoms with E-state index in [1.807, 2.05) is 35.8 Å². The van der Waals surface area contributed by atoms with Crippen molar-refractivity contribution in [3.8, 4) is 22.5 Å². The number of carboxylic acid groups (broad SMARTS) is 1. The molecule has 0 saturated heterocycles. The Kier molecular flexibility index (Phi) is 9.98. The number of hydrogen-bond donors (Lipinski definition) is 4. The average Bonchev–Trinajstić information content (AvgIpc) is 3.51. The molecular formula is C30H31N7O6S. The molecule has 228 valence electrons. The van der Waals surface area contributed by atoms with E-state index in [0.29, 0.717) is 22.8 Å². The van der Waals surface area contributed by atoms with Gasteiger partial charge in [0, 0.05) is 41.4 Å². The Bertz CT molecular complexity index is 1780. The number of hydrogen-bond acceptors (Lipinski definition) is 9. The molecule has 0 fully saturated rings. The van der Waals surface area contributed by atoms with Crippen LogP contribution in [0.1, 0.15) is 26.0 Å². The van der Waals surface area contributed by atoms with E-state index in [1.54, 1.807) is 68.9 Å². The fraction of sp³-hybridized carbons (Fsp3) is 0.133. The van der Waals surface area contributed by atoms with Crippen LogP contribution in [0.2, 0.25) is 0 Å². The molecule has 3 aromatic rings. The molecule has 1 aliphatic heterocycles. The van der Waals surface area contributed by atoms with Crippen LogP contribution in [-0.4, -0.2) is 46.1 Å². The van der Waals surface area contributed by atoms with E-state index in [0.717, 1.165) is 33.0 Å². The lowest BCUT2D eigenvalue weighted by Crippen LogP contribution is -2.36. The second-order valence-electron chi connectivity index (χ2n) is 9.63. The number of sulfone groups is 1. The first-order valence-corrected chi connectivity index (χ1v) is 14.8. The summed E-state index contributed by atoms with van der Waals surface area (Å²) in [4.78, 5) is 23.2. The van der Waals surface area contributed by atoms with E-state index in [-0.39, 0.29) is 5.96 Å². The molecule has 44 heavy (non-hydrogen) atoms. The predicted octanol–water partition coefficient (Wildman–Crippen LogP) is 4.53. The number of nitrogens with one attached hydrogen (secondary N) is 1. The van der Waals surface area contributed by atoms with Crippen molar-refractivity contribution in [3.05, 3.63) is 109 Å². The van der Waals surface area contributed by atoms with Crippen LogP contribution in [0.25, 0.3) is 28.0 Å². The number of amides is 1. The van der Waals surface area contributed by atoms with Gasteiger partial charge in [0.15, 0.2) is 21.6 Å². The lowest BCUT2D eigenvalue weighted by molar-refractivity contribution is -0.0951. The number of hydrazine groups is 1. The summed E-state index contributed by atoms with van der Waals surface area (Å²) in [5.74, 6) is 0.601. The summed E-state index contributed by atoms with van der Waals surface area (Å²) in [7, 11) is -3.32. The Morgan fingerprint density at radius 1 is 1.09 bits per heavy atom. The maximum Gasteiger partial charge on any atom is 0.426 e. The van der Waals surface area contributed by atoms with E-state index >= 15 is 0 Å². The summed E-state index contributed by atoms with van der Waals surface area (Å²) in [6.45, 7) is 3.34. The summed E-state index contributed by atoms with van der Waals surface area (Å²) in [5, 5.41) is 12.9. The third-order valence-corrected chi connectivity index (χ3v) is 8.34. The largest absolute Gasteiger partial charge is 0.464 e. The molecule has 5 rings (SSSR count). The van der Waals surface area contributed by atoms with Crippen LogP contribution in [0.15, 0.2) is 118 Å². The van der Waals surface area contributed by atoms with Gasteiger partial charge in [-0.05, 0) is 61.8 Å². The van der Waals surface area contributed by atoms with Crippen molar-refractivity contribution >= 4 is 27.5 Å². The Labute approximate surface area is 254 Å². The standard InChI is InChI=1S/C25H25N5O3S.C5H6N2O3/c1-16(2)34(31,32)22-9-7-18(8-10-22)20-11-21(15-28-14-20)24-12-23(30-33-24)19-5-3-17(4-6-19)13-29-25(26)27;8-5(9)6-7-3-1-2-4-10-7/h3,5-16H,4H2,1-2H3,(H4,26,27,29);1-4,6H,(H,8,9). The highest BCUT2D eigenvalue weighted by molar-refractivity contribution is 7.92. The van der Waals surface area contributed by atoms with Crippen LogP contribution in [0.3, 0.4) is 0 Å². The molecule has 3 heterocycles. The summed E-state index contributed by atoms with van der Waals surface area (Å²) < 4.78 is 30.3. The van der Waals surface area contributed by atoms with Crippen LogP contribution in [0.4, 0.5) is 4.79 Å². The highest BCUT2D eigenvalue weighted by Crippen LogP contribution is 2.30. The van der Waals surface area contributed by atoms with Crippen LogP contribution < -0.4 is 16.9 Å².